The maximum absolute atomic E-state index is 13.5. The summed E-state index contributed by atoms with van der Waals surface area (Å²) in [5.41, 5.74) is 7.22. The van der Waals surface area contributed by atoms with Gasteiger partial charge in [-0.05, 0) is 53.1 Å². The van der Waals surface area contributed by atoms with Crippen LogP contribution in [0.25, 0.3) is 0 Å². The van der Waals surface area contributed by atoms with E-state index < -0.39 is 0 Å². The van der Waals surface area contributed by atoms with Gasteiger partial charge in [-0.25, -0.2) is 4.39 Å². The highest BCUT2D eigenvalue weighted by Gasteiger charge is 2.24. The first-order chi connectivity index (χ1) is 8.45. The highest BCUT2D eigenvalue weighted by molar-refractivity contribution is 9.10. The molecule has 2 atom stereocenters. The van der Waals surface area contributed by atoms with Crippen molar-refractivity contribution in [3.63, 3.8) is 0 Å². The van der Waals surface area contributed by atoms with Crippen LogP contribution in [-0.4, -0.2) is 6.04 Å². The largest absolute Gasteiger partial charge is 0.397 e. The van der Waals surface area contributed by atoms with E-state index in [1.165, 1.54) is 12.5 Å². The minimum absolute atomic E-state index is 0.274. The zero-order chi connectivity index (χ0) is 13.3. The number of rotatable bonds is 2. The molecule has 0 saturated heterocycles. The number of halogens is 2. The molecule has 2 rings (SSSR count). The van der Waals surface area contributed by atoms with Crippen LogP contribution in [0.1, 0.15) is 33.1 Å². The van der Waals surface area contributed by atoms with Crippen molar-refractivity contribution >= 4 is 27.3 Å². The summed E-state index contributed by atoms with van der Waals surface area (Å²) in [6, 6.07) is 3.49. The van der Waals surface area contributed by atoms with Crippen LogP contribution in [0.5, 0.6) is 0 Å². The van der Waals surface area contributed by atoms with Crippen LogP contribution < -0.4 is 11.1 Å². The molecule has 1 fully saturated rings. The average molecular weight is 315 g/mol. The van der Waals surface area contributed by atoms with Crippen molar-refractivity contribution in [3.05, 3.63) is 22.4 Å². The quantitative estimate of drug-likeness (QED) is 0.794. The normalized spacial score (nSPS) is 28.1. The van der Waals surface area contributed by atoms with Crippen LogP contribution in [0, 0.1) is 17.7 Å². The molecule has 0 spiro atoms. The van der Waals surface area contributed by atoms with Gasteiger partial charge in [0.2, 0.25) is 0 Å². The van der Waals surface area contributed by atoms with E-state index in [2.05, 4.69) is 35.1 Å². The smallest absolute Gasteiger partial charge is 0.139 e. The summed E-state index contributed by atoms with van der Waals surface area (Å²) in [4.78, 5) is 0. The monoisotopic (exact) mass is 314 g/mol. The van der Waals surface area contributed by atoms with Gasteiger partial charge >= 0.3 is 0 Å². The van der Waals surface area contributed by atoms with Crippen LogP contribution in [-0.2, 0) is 0 Å². The van der Waals surface area contributed by atoms with E-state index in [0.717, 1.165) is 12.8 Å². The molecule has 1 aromatic rings. The van der Waals surface area contributed by atoms with Gasteiger partial charge in [0.15, 0.2) is 0 Å². The third-order valence-corrected chi connectivity index (χ3v) is 4.24. The van der Waals surface area contributed by atoms with Crippen molar-refractivity contribution in [1.29, 1.82) is 0 Å². The SMILES string of the molecule is CC1CC(C)CC(Nc2cc(F)c(Br)cc2N)C1. The second-order valence-corrected chi connectivity index (χ2v) is 6.47. The Morgan fingerprint density at radius 2 is 1.83 bits per heavy atom. The molecule has 0 heterocycles. The van der Waals surface area contributed by atoms with Crippen LogP contribution in [0.4, 0.5) is 15.8 Å². The Morgan fingerprint density at radius 3 is 2.44 bits per heavy atom. The molecular weight excluding hydrogens is 295 g/mol. The molecule has 18 heavy (non-hydrogen) atoms. The van der Waals surface area contributed by atoms with E-state index in [4.69, 9.17) is 5.73 Å². The molecule has 4 heteroatoms. The Hall–Kier alpha value is -0.770. The molecule has 0 amide bonds. The summed E-state index contributed by atoms with van der Waals surface area (Å²) < 4.78 is 13.9. The fourth-order valence-electron chi connectivity index (χ4n) is 2.97. The number of anilines is 2. The standard InChI is InChI=1S/C14H20BrFN2/c1-8-3-9(2)5-10(4-8)18-14-7-12(16)11(15)6-13(14)17/h6-10,18H,3-5,17H2,1-2H3. The van der Waals surface area contributed by atoms with Gasteiger partial charge in [-0.15, -0.1) is 0 Å². The topological polar surface area (TPSA) is 38.0 Å². The Bertz CT molecular complexity index is 426. The molecule has 0 bridgehead atoms. The Labute approximate surface area is 116 Å². The van der Waals surface area contributed by atoms with E-state index in [0.29, 0.717) is 33.7 Å². The van der Waals surface area contributed by atoms with Crippen LogP contribution in [0.15, 0.2) is 16.6 Å². The molecule has 0 radical (unpaired) electrons. The predicted molar refractivity (Wildman–Crippen MR) is 78.1 cm³/mol. The minimum Gasteiger partial charge on any atom is -0.397 e. The number of benzene rings is 1. The molecule has 2 nitrogen and oxygen atoms in total. The molecular formula is C14H20BrFN2. The van der Waals surface area contributed by atoms with E-state index in [1.54, 1.807) is 6.07 Å². The van der Waals surface area contributed by atoms with Crippen molar-refractivity contribution in [2.75, 3.05) is 11.1 Å². The third-order valence-electron chi connectivity index (χ3n) is 3.63. The summed E-state index contributed by atoms with van der Waals surface area (Å²) in [6.07, 6.45) is 3.53. The highest BCUT2D eigenvalue weighted by Crippen LogP contribution is 2.33. The third kappa shape index (κ3) is 3.16. The number of nitrogens with two attached hydrogens (primary N) is 1. The lowest BCUT2D eigenvalue weighted by Gasteiger charge is -2.33. The number of hydrogen-bond donors (Lipinski definition) is 2. The van der Waals surface area contributed by atoms with Crippen molar-refractivity contribution < 1.29 is 4.39 Å². The van der Waals surface area contributed by atoms with Gasteiger partial charge in [0.05, 0.1) is 15.8 Å². The summed E-state index contributed by atoms with van der Waals surface area (Å²) in [5.74, 6) is 1.16. The molecule has 1 aromatic carbocycles. The van der Waals surface area contributed by atoms with Gasteiger partial charge in [0.25, 0.3) is 0 Å². The van der Waals surface area contributed by atoms with Crippen LogP contribution in [0.2, 0.25) is 0 Å². The zero-order valence-corrected chi connectivity index (χ0v) is 12.4. The Balaban J connectivity index is 2.11. The lowest BCUT2D eigenvalue weighted by Crippen LogP contribution is -2.30. The van der Waals surface area contributed by atoms with Crippen LogP contribution >= 0.6 is 15.9 Å². The molecule has 3 N–H and O–H groups in total. The molecule has 2 unspecified atom stereocenters. The van der Waals surface area contributed by atoms with Gasteiger partial charge in [-0.3, -0.25) is 0 Å². The molecule has 0 aliphatic heterocycles. The van der Waals surface area contributed by atoms with Crippen molar-refractivity contribution in [1.82, 2.24) is 0 Å². The van der Waals surface area contributed by atoms with Gasteiger partial charge in [-0.1, -0.05) is 13.8 Å². The maximum atomic E-state index is 13.5. The fraction of sp³-hybridized carbons (Fsp3) is 0.571. The lowest BCUT2D eigenvalue weighted by atomic mass is 9.80. The molecule has 0 aromatic heterocycles. The number of nitrogens with one attached hydrogen (secondary N) is 1. The summed E-state index contributed by atoms with van der Waals surface area (Å²) in [7, 11) is 0. The van der Waals surface area contributed by atoms with Crippen molar-refractivity contribution in [2.45, 2.75) is 39.2 Å². The van der Waals surface area contributed by atoms with Gasteiger partial charge in [0, 0.05) is 12.1 Å². The van der Waals surface area contributed by atoms with Gasteiger partial charge < -0.3 is 11.1 Å². The Kier molecular flexibility index (Phi) is 4.15. The predicted octanol–water partition coefficient (Wildman–Crippen LogP) is 4.41. The van der Waals surface area contributed by atoms with Crippen LogP contribution in [0.3, 0.4) is 0 Å². The first-order valence-corrected chi connectivity index (χ1v) is 7.26. The van der Waals surface area contributed by atoms with E-state index in [9.17, 15) is 4.39 Å². The molecule has 1 saturated carbocycles. The van der Waals surface area contributed by atoms with Gasteiger partial charge in [0.1, 0.15) is 5.82 Å². The fourth-order valence-corrected chi connectivity index (χ4v) is 3.33. The molecule has 1 aliphatic rings. The zero-order valence-electron chi connectivity index (χ0n) is 10.8. The Morgan fingerprint density at radius 1 is 1.22 bits per heavy atom. The lowest BCUT2D eigenvalue weighted by molar-refractivity contribution is 0.281. The van der Waals surface area contributed by atoms with E-state index >= 15 is 0 Å². The average Bonchev–Trinajstić information content (AvgIpc) is 2.24. The van der Waals surface area contributed by atoms with E-state index in [1.807, 2.05) is 0 Å². The number of hydrogen-bond acceptors (Lipinski definition) is 2. The second-order valence-electron chi connectivity index (χ2n) is 5.61. The van der Waals surface area contributed by atoms with Gasteiger partial charge in [-0.2, -0.15) is 0 Å². The second kappa shape index (κ2) is 5.47. The summed E-state index contributed by atoms with van der Waals surface area (Å²) in [5, 5.41) is 3.39. The molecule has 1 aliphatic carbocycles. The van der Waals surface area contributed by atoms with Crippen molar-refractivity contribution in [2.24, 2.45) is 11.8 Å². The van der Waals surface area contributed by atoms with E-state index in [-0.39, 0.29) is 5.82 Å². The first-order valence-electron chi connectivity index (χ1n) is 6.46. The highest BCUT2D eigenvalue weighted by atomic mass is 79.9. The minimum atomic E-state index is -0.274. The maximum Gasteiger partial charge on any atom is 0.139 e. The first kappa shape index (κ1) is 13.7. The van der Waals surface area contributed by atoms with Crippen molar-refractivity contribution in [3.8, 4) is 0 Å². The molecule has 100 valence electrons. The summed E-state index contributed by atoms with van der Waals surface area (Å²) in [6.45, 7) is 4.55. The summed E-state index contributed by atoms with van der Waals surface area (Å²) >= 11 is 3.14. The number of nitrogen functional groups attached to an aromatic ring is 1.